The highest BCUT2D eigenvalue weighted by Crippen LogP contribution is 2.21. The lowest BCUT2D eigenvalue weighted by Gasteiger charge is -2.17. The Morgan fingerprint density at radius 1 is 1.17 bits per heavy atom. The minimum atomic E-state index is -0.513. The molecule has 0 saturated carbocycles. The van der Waals surface area contributed by atoms with Crippen LogP contribution in [-0.4, -0.2) is 18.6 Å². The molecule has 0 bridgehead atoms. The molecule has 0 radical (unpaired) electrons. The first-order chi connectivity index (χ1) is 11.5. The van der Waals surface area contributed by atoms with Gasteiger partial charge in [-0.3, -0.25) is 4.79 Å². The highest BCUT2D eigenvalue weighted by Gasteiger charge is 2.15. The summed E-state index contributed by atoms with van der Waals surface area (Å²) in [6.07, 6.45) is 1.27. The van der Waals surface area contributed by atoms with Crippen molar-refractivity contribution in [2.24, 2.45) is 0 Å². The number of hydrogen-bond acceptors (Lipinski definition) is 2. The van der Waals surface area contributed by atoms with E-state index in [-0.39, 0.29) is 5.91 Å². The first kappa shape index (κ1) is 18.3. The SMILES string of the molecule is Cc1cccc(O[C@@H](C)C(=O)NCCCc2ccc(Cl)cc2)c1C. The summed E-state index contributed by atoms with van der Waals surface area (Å²) in [5.74, 6) is 0.672. The molecule has 0 aliphatic carbocycles. The molecule has 2 aromatic carbocycles. The second-order valence-corrected chi connectivity index (χ2v) is 6.42. The third kappa shape index (κ3) is 5.27. The van der Waals surface area contributed by atoms with Crippen molar-refractivity contribution in [3.63, 3.8) is 0 Å². The zero-order chi connectivity index (χ0) is 17.5. The molecule has 0 aromatic heterocycles. The molecule has 1 N–H and O–H groups in total. The first-order valence-electron chi connectivity index (χ1n) is 8.22. The lowest BCUT2D eigenvalue weighted by Crippen LogP contribution is -2.37. The first-order valence-corrected chi connectivity index (χ1v) is 8.60. The Hall–Kier alpha value is -2.00. The van der Waals surface area contributed by atoms with E-state index in [1.807, 2.05) is 56.3 Å². The monoisotopic (exact) mass is 345 g/mol. The fourth-order valence-corrected chi connectivity index (χ4v) is 2.52. The van der Waals surface area contributed by atoms with Gasteiger partial charge in [0.15, 0.2) is 6.10 Å². The van der Waals surface area contributed by atoms with Crippen molar-refractivity contribution < 1.29 is 9.53 Å². The van der Waals surface area contributed by atoms with E-state index in [9.17, 15) is 4.79 Å². The summed E-state index contributed by atoms with van der Waals surface area (Å²) < 4.78 is 5.79. The van der Waals surface area contributed by atoms with E-state index in [0.29, 0.717) is 6.54 Å². The highest BCUT2D eigenvalue weighted by atomic mass is 35.5. The van der Waals surface area contributed by atoms with Gasteiger partial charge in [-0.05, 0) is 68.5 Å². The van der Waals surface area contributed by atoms with Crippen LogP contribution >= 0.6 is 11.6 Å². The Balaban J connectivity index is 1.75. The molecule has 0 heterocycles. The molecule has 0 spiro atoms. The summed E-state index contributed by atoms with van der Waals surface area (Å²) in [5.41, 5.74) is 3.44. The number of amides is 1. The molecule has 128 valence electrons. The van der Waals surface area contributed by atoms with Gasteiger partial charge in [-0.2, -0.15) is 0 Å². The van der Waals surface area contributed by atoms with Gasteiger partial charge in [0, 0.05) is 11.6 Å². The second kappa shape index (κ2) is 8.74. The molecule has 1 atom stereocenters. The minimum absolute atomic E-state index is 0.0907. The Morgan fingerprint density at radius 3 is 2.58 bits per heavy atom. The minimum Gasteiger partial charge on any atom is -0.481 e. The fourth-order valence-electron chi connectivity index (χ4n) is 2.39. The van der Waals surface area contributed by atoms with Crippen molar-refractivity contribution >= 4 is 17.5 Å². The number of halogens is 1. The number of hydrogen-bond donors (Lipinski definition) is 1. The lowest BCUT2D eigenvalue weighted by atomic mass is 10.1. The molecule has 3 nitrogen and oxygen atoms in total. The summed E-state index contributed by atoms with van der Waals surface area (Å²) >= 11 is 5.87. The van der Waals surface area contributed by atoms with Crippen LogP contribution in [-0.2, 0) is 11.2 Å². The normalized spacial score (nSPS) is 11.8. The van der Waals surface area contributed by atoms with Crippen molar-refractivity contribution in [3.05, 3.63) is 64.2 Å². The number of carbonyl (C=O) groups is 1. The number of nitrogens with one attached hydrogen (secondary N) is 1. The van der Waals surface area contributed by atoms with Gasteiger partial charge in [0.25, 0.3) is 5.91 Å². The molecule has 24 heavy (non-hydrogen) atoms. The van der Waals surface area contributed by atoms with Crippen molar-refractivity contribution in [3.8, 4) is 5.75 Å². The van der Waals surface area contributed by atoms with Crippen LogP contribution in [0.25, 0.3) is 0 Å². The number of ether oxygens (including phenoxy) is 1. The van der Waals surface area contributed by atoms with Crippen LogP contribution in [0.15, 0.2) is 42.5 Å². The molecule has 0 saturated heterocycles. The predicted molar refractivity (Wildman–Crippen MR) is 98.8 cm³/mol. The molecule has 0 aliphatic heterocycles. The smallest absolute Gasteiger partial charge is 0.260 e. The third-order valence-corrected chi connectivity index (χ3v) is 4.33. The largest absolute Gasteiger partial charge is 0.481 e. The summed E-state index contributed by atoms with van der Waals surface area (Å²) in [7, 11) is 0. The standard InChI is InChI=1S/C20H24ClNO2/c1-14-6-4-8-19(15(14)2)24-16(3)20(23)22-13-5-7-17-9-11-18(21)12-10-17/h4,6,8-12,16H,5,7,13H2,1-3H3,(H,22,23)/t16-/m0/s1. The van der Waals surface area contributed by atoms with Crippen LogP contribution in [0.5, 0.6) is 5.75 Å². The van der Waals surface area contributed by atoms with Gasteiger partial charge in [-0.1, -0.05) is 35.9 Å². The molecular formula is C20H24ClNO2. The molecular weight excluding hydrogens is 322 g/mol. The maximum atomic E-state index is 12.1. The van der Waals surface area contributed by atoms with E-state index in [1.165, 1.54) is 5.56 Å². The summed E-state index contributed by atoms with van der Waals surface area (Å²) in [6.45, 7) is 6.43. The Kier molecular flexibility index (Phi) is 6.68. The van der Waals surface area contributed by atoms with Crippen molar-refractivity contribution in [2.75, 3.05) is 6.54 Å². The summed E-state index contributed by atoms with van der Waals surface area (Å²) in [6, 6.07) is 13.7. The van der Waals surface area contributed by atoms with E-state index in [0.717, 1.165) is 34.7 Å². The van der Waals surface area contributed by atoms with Gasteiger partial charge in [0.05, 0.1) is 0 Å². The van der Waals surface area contributed by atoms with Crippen molar-refractivity contribution in [1.82, 2.24) is 5.32 Å². The quantitative estimate of drug-likeness (QED) is 0.752. The number of carbonyl (C=O) groups excluding carboxylic acids is 1. The van der Waals surface area contributed by atoms with Crippen LogP contribution in [0.4, 0.5) is 0 Å². The van der Waals surface area contributed by atoms with Gasteiger partial charge in [-0.25, -0.2) is 0 Å². The maximum absolute atomic E-state index is 12.1. The summed E-state index contributed by atoms with van der Waals surface area (Å²) in [5, 5.41) is 3.67. The molecule has 0 unspecified atom stereocenters. The van der Waals surface area contributed by atoms with Crippen LogP contribution in [0.1, 0.15) is 30.0 Å². The van der Waals surface area contributed by atoms with Crippen LogP contribution in [0.3, 0.4) is 0 Å². The van der Waals surface area contributed by atoms with Crippen LogP contribution in [0.2, 0.25) is 5.02 Å². The number of rotatable bonds is 7. The predicted octanol–water partition coefficient (Wildman–Crippen LogP) is 4.47. The molecule has 0 fully saturated rings. The van der Waals surface area contributed by atoms with Gasteiger partial charge in [0.1, 0.15) is 5.75 Å². The van der Waals surface area contributed by atoms with E-state index in [4.69, 9.17) is 16.3 Å². The average molecular weight is 346 g/mol. The van der Waals surface area contributed by atoms with Gasteiger partial charge < -0.3 is 10.1 Å². The average Bonchev–Trinajstić information content (AvgIpc) is 2.57. The van der Waals surface area contributed by atoms with Gasteiger partial charge in [0.2, 0.25) is 0 Å². The maximum Gasteiger partial charge on any atom is 0.260 e. The zero-order valence-electron chi connectivity index (χ0n) is 14.4. The Labute approximate surface area is 149 Å². The molecule has 4 heteroatoms. The second-order valence-electron chi connectivity index (χ2n) is 5.98. The van der Waals surface area contributed by atoms with Crippen molar-refractivity contribution in [1.29, 1.82) is 0 Å². The fraction of sp³-hybridized carbons (Fsp3) is 0.350. The highest BCUT2D eigenvalue weighted by molar-refractivity contribution is 6.30. The number of aryl methyl sites for hydroxylation is 2. The van der Waals surface area contributed by atoms with E-state index < -0.39 is 6.10 Å². The molecule has 2 aromatic rings. The molecule has 1 amide bonds. The molecule has 2 rings (SSSR count). The van der Waals surface area contributed by atoms with E-state index in [1.54, 1.807) is 6.92 Å². The van der Waals surface area contributed by atoms with E-state index in [2.05, 4.69) is 5.32 Å². The summed E-state index contributed by atoms with van der Waals surface area (Å²) in [4.78, 5) is 12.1. The zero-order valence-corrected chi connectivity index (χ0v) is 15.2. The van der Waals surface area contributed by atoms with E-state index >= 15 is 0 Å². The Morgan fingerprint density at radius 2 is 1.88 bits per heavy atom. The van der Waals surface area contributed by atoms with Crippen LogP contribution in [0, 0.1) is 13.8 Å². The molecule has 0 aliphatic rings. The van der Waals surface area contributed by atoms with Gasteiger partial charge >= 0.3 is 0 Å². The Bertz CT molecular complexity index is 683. The van der Waals surface area contributed by atoms with Crippen molar-refractivity contribution in [2.45, 2.75) is 39.7 Å². The number of benzene rings is 2. The van der Waals surface area contributed by atoms with Crippen LogP contribution < -0.4 is 10.1 Å². The topological polar surface area (TPSA) is 38.3 Å². The lowest BCUT2D eigenvalue weighted by molar-refractivity contribution is -0.127. The third-order valence-electron chi connectivity index (χ3n) is 4.08. The van der Waals surface area contributed by atoms with Gasteiger partial charge in [-0.15, -0.1) is 0 Å².